The number of nitrogens with two attached hydrogens (primary N) is 2. The summed E-state index contributed by atoms with van der Waals surface area (Å²) in [5.74, 6) is 5.04. The molecule has 0 aliphatic heterocycles. The molecule has 66 valence electrons. The molecule has 3 nitrogen and oxygen atoms in total. The van der Waals surface area contributed by atoms with Gasteiger partial charge in [0.25, 0.3) is 0 Å². The van der Waals surface area contributed by atoms with Crippen molar-refractivity contribution in [2.24, 2.45) is 11.6 Å². The molecule has 0 aromatic carbocycles. The number of hydrazine groups is 1. The first-order valence-electron chi connectivity index (χ1n) is 3.62. The molecule has 0 bridgehead atoms. The summed E-state index contributed by atoms with van der Waals surface area (Å²) in [5, 5.41) is 0. The zero-order valence-corrected chi connectivity index (χ0v) is 7.25. The van der Waals surface area contributed by atoms with Crippen LogP contribution >= 0.6 is 0 Å². The van der Waals surface area contributed by atoms with Crippen LogP contribution in [0.3, 0.4) is 0 Å². The predicted octanol–water partition coefficient (Wildman–Crippen LogP) is 0.938. The molecule has 0 rings (SSSR count). The van der Waals surface area contributed by atoms with Crippen molar-refractivity contribution < 1.29 is 0 Å². The Morgan fingerprint density at radius 3 is 2.58 bits per heavy atom. The molecule has 0 amide bonds. The van der Waals surface area contributed by atoms with E-state index >= 15 is 0 Å². The van der Waals surface area contributed by atoms with Crippen LogP contribution in [0.25, 0.3) is 0 Å². The van der Waals surface area contributed by atoms with E-state index in [2.05, 4.69) is 12.0 Å². The molecule has 0 aromatic heterocycles. The minimum Gasteiger partial charge on any atom is -0.397 e. The third kappa shape index (κ3) is 4.35. The van der Waals surface area contributed by atoms with E-state index in [1.54, 1.807) is 0 Å². The molecule has 5 N–H and O–H groups in total. The second-order valence-electron chi connectivity index (χ2n) is 2.18. The maximum Gasteiger partial charge on any atom is 0.0555 e. The second kappa shape index (κ2) is 6.24. The third-order valence-corrected chi connectivity index (χ3v) is 1.21. The van der Waals surface area contributed by atoms with Crippen LogP contribution in [0.2, 0.25) is 0 Å². The van der Waals surface area contributed by atoms with E-state index < -0.39 is 0 Å². The first-order valence-corrected chi connectivity index (χ1v) is 3.62. The van der Waals surface area contributed by atoms with Gasteiger partial charge in [0.1, 0.15) is 0 Å². The summed E-state index contributed by atoms with van der Waals surface area (Å²) in [6.07, 6.45) is 8.98. The number of hydrogen-bond acceptors (Lipinski definition) is 3. The van der Waals surface area contributed by atoms with Crippen LogP contribution in [-0.2, 0) is 0 Å². The number of rotatable bonds is 4. The monoisotopic (exact) mass is 165 g/mol. The maximum atomic E-state index is 5.55. The molecular weight excluding hydrogens is 150 g/mol. The van der Waals surface area contributed by atoms with Gasteiger partial charge in [0.2, 0.25) is 0 Å². The van der Waals surface area contributed by atoms with E-state index in [0.29, 0.717) is 5.70 Å². The summed E-state index contributed by atoms with van der Waals surface area (Å²) in [6, 6.07) is 0. The Hall–Kier alpha value is -1.48. The van der Waals surface area contributed by atoms with Crippen molar-refractivity contribution in [1.82, 2.24) is 5.43 Å². The Kier molecular flexibility index (Phi) is 5.47. The van der Waals surface area contributed by atoms with E-state index in [4.69, 9.17) is 11.6 Å². The molecule has 0 spiro atoms. The van der Waals surface area contributed by atoms with Crippen LogP contribution in [0, 0.1) is 0 Å². The van der Waals surface area contributed by atoms with Crippen molar-refractivity contribution in [3.05, 3.63) is 48.4 Å². The van der Waals surface area contributed by atoms with Gasteiger partial charge < -0.3 is 11.2 Å². The predicted molar refractivity (Wildman–Crippen MR) is 52.7 cm³/mol. The molecule has 12 heavy (non-hydrogen) atoms. The molecule has 3 heteroatoms. The average Bonchev–Trinajstić information content (AvgIpc) is 2.05. The third-order valence-electron chi connectivity index (χ3n) is 1.21. The van der Waals surface area contributed by atoms with Gasteiger partial charge in [-0.05, 0) is 12.5 Å². The molecule has 0 aliphatic rings. The van der Waals surface area contributed by atoms with Gasteiger partial charge in [-0.2, -0.15) is 0 Å². The van der Waals surface area contributed by atoms with Crippen molar-refractivity contribution in [3.63, 3.8) is 0 Å². The van der Waals surface area contributed by atoms with E-state index in [9.17, 15) is 0 Å². The van der Waals surface area contributed by atoms with E-state index in [0.717, 1.165) is 5.57 Å². The highest BCUT2D eigenvalue weighted by Crippen LogP contribution is 2.00. The van der Waals surface area contributed by atoms with E-state index in [1.807, 2.05) is 31.2 Å². The highest BCUT2D eigenvalue weighted by molar-refractivity contribution is 5.35. The minimum absolute atomic E-state index is 0.526. The van der Waals surface area contributed by atoms with Crippen LogP contribution in [-0.4, -0.2) is 0 Å². The van der Waals surface area contributed by atoms with Crippen LogP contribution in [0.4, 0.5) is 0 Å². The molecular formula is C9H15N3. The quantitative estimate of drug-likeness (QED) is 0.330. The highest BCUT2D eigenvalue weighted by atomic mass is 15.2. The van der Waals surface area contributed by atoms with Gasteiger partial charge in [0.15, 0.2) is 0 Å². The summed E-state index contributed by atoms with van der Waals surface area (Å²) < 4.78 is 0. The van der Waals surface area contributed by atoms with Gasteiger partial charge >= 0.3 is 0 Å². The van der Waals surface area contributed by atoms with Crippen LogP contribution in [0.15, 0.2) is 48.4 Å². The highest BCUT2D eigenvalue weighted by Gasteiger charge is 1.89. The lowest BCUT2D eigenvalue weighted by Gasteiger charge is -1.98. The summed E-state index contributed by atoms with van der Waals surface area (Å²) in [6.45, 7) is 5.67. The first-order chi connectivity index (χ1) is 5.72. The molecule has 0 aliphatic carbocycles. The lowest BCUT2D eigenvalue weighted by molar-refractivity contribution is 0.951. The second-order valence-corrected chi connectivity index (χ2v) is 2.18. The largest absolute Gasteiger partial charge is 0.397 e. The maximum absolute atomic E-state index is 5.55. The summed E-state index contributed by atoms with van der Waals surface area (Å²) >= 11 is 0. The van der Waals surface area contributed by atoms with Crippen molar-refractivity contribution in [2.75, 3.05) is 0 Å². The summed E-state index contributed by atoms with van der Waals surface area (Å²) in [4.78, 5) is 0. The SMILES string of the molecule is C=C(/C=C\C=C/C)/C(N)=C/NN. The molecule has 0 fully saturated rings. The van der Waals surface area contributed by atoms with E-state index in [-0.39, 0.29) is 0 Å². The zero-order chi connectivity index (χ0) is 9.40. The summed E-state index contributed by atoms with van der Waals surface area (Å²) in [5.41, 5.74) is 9.15. The van der Waals surface area contributed by atoms with Gasteiger partial charge in [0, 0.05) is 6.20 Å². The molecule has 0 saturated carbocycles. The Morgan fingerprint density at radius 2 is 2.08 bits per heavy atom. The summed E-state index contributed by atoms with van der Waals surface area (Å²) in [7, 11) is 0. The molecule has 0 aromatic rings. The number of hydrogen-bond donors (Lipinski definition) is 3. The van der Waals surface area contributed by atoms with Crippen LogP contribution in [0.1, 0.15) is 6.92 Å². The van der Waals surface area contributed by atoms with Crippen molar-refractivity contribution in [1.29, 1.82) is 0 Å². The normalized spacial score (nSPS) is 12.7. The van der Waals surface area contributed by atoms with Gasteiger partial charge in [0.05, 0.1) is 5.70 Å². The lowest BCUT2D eigenvalue weighted by Crippen LogP contribution is -2.16. The van der Waals surface area contributed by atoms with Gasteiger partial charge in [-0.3, -0.25) is 5.84 Å². The zero-order valence-electron chi connectivity index (χ0n) is 7.25. The number of nitrogens with one attached hydrogen (secondary N) is 1. The van der Waals surface area contributed by atoms with Crippen molar-refractivity contribution in [2.45, 2.75) is 6.92 Å². The Labute approximate surface area is 73.1 Å². The fourth-order valence-corrected chi connectivity index (χ4v) is 0.562. The molecule has 0 atom stereocenters. The number of allylic oxidation sites excluding steroid dienone is 4. The van der Waals surface area contributed by atoms with Gasteiger partial charge in [-0.1, -0.05) is 30.9 Å². The fraction of sp³-hybridized carbons (Fsp3) is 0.111. The molecule has 0 unspecified atom stereocenters. The van der Waals surface area contributed by atoms with Crippen molar-refractivity contribution in [3.8, 4) is 0 Å². The van der Waals surface area contributed by atoms with Crippen molar-refractivity contribution >= 4 is 0 Å². The van der Waals surface area contributed by atoms with Gasteiger partial charge in [-0.25, -0.2) is 0 Å². The fourth-order valence-electron chi connectivity index (χ4n) is 0.562. The van der Waals surface area contributed by atoms with Gasteiger partial charge in [-0.15, -0.1) is 0 Å². The first kappa shape index (κ1) is 10.5. The van der Waals surface area contributed by atoms with E-state index in [1.165, 1.54) is 6.20 Å². The smallest absolute Gasteiger partial charge is 0.0555 e. The average molecular weight is 165 g/mol. The van der Waals surface area contributed by atoms with Crippen LogP contribution in [0.5, 0.6) is 0 Å². The lowest BCUT2D eigenvalue weighted by atomic mass is 10.2. The minimum atomic E-state index is 0.526. The standard InChI is InChI=1S/C9H15N3/c1-3-4-5-6-8(2)9(10)7-12-11/h3-7,12H,2,10-11H2,1H3/b4-3-,6-5-,9-7-. The molecule has 0 heterocycles. The van der Waals surface area contributed by atoms with Crippen LogP contribution < -0.4 is 17.0 Å². The topological polar surface area (TPSA) is 64.1 Å². The molecule has 0 saturated heterocycles. The Balaban J connectivity index is 4.13. The Morgan fingerprint density at radius 1 is 1.42 bits per heavy atom. The Bertz CT molecular complexity index is 224. The molecule has 0 radical (unpaired) electrons.